The molecular formula is C17H20BCl2FO2. The molecule has 0 bridgehead atoms. The summed E-state index contributed by atoms with van der Waals surface area (Å²) in [4.78, 5) is 0. The molecule has 0 radical (unpaired) electrons. The number of halogens is 3. The predicted molar refractivity (Wildman–Crippen MR) is 93.5 cm³/mol. The van der Waals surface area contributed by atoms with Gasteiger partial charge in [-0.05, 0) is 70.2 Å². The quantitative estimate of drug-likeness (QED) is 0.606. The van der Waals surface area contributed by atoms with E-state index in [9.17, 15) is 0 Å². The zero-order chi connectivity index (χ0) is 17.0. The molecule has 3 rings (SSSR count). The number of fused-ring (bicyclic) bond motifs is 1. The molecule has 0 atom stereocenters. The molecule has 0 amide bonds. The van der Waals surface area contributed by atoms with E-state index < -0.39 is 24.0 Å². The molecule has 1 aliphatic carbocycles. The molecular weight excluding hydrogens is 337 g/mol. The number of allylic oxidation sites excluding steroid dienone is 1. The molecule has 0 spiro atoms. The van der Waals surface area contributed by atoms with E-state index in [2.05, 4.69) is 0 Å². The van der Waals surface area contributed by atoms with Crippen LogP contribution in [0.3, 0.4) is 0 Å². The summed E-state index contributed by atoms with van der Waals surface area (Å²) in [5, 5.41) is 1.15. The Kier molecular flexibility index (Phi) is 4.33. The molecule has 0 unspecified atom stereocenters. The Bertz CT molecular complexity index is 669. The number of rotatable bonds is 1. The standard InChI is InChI=1S/C17H20BCl2FO2/c1-16(2)17(3,4)23-18(22-16)15(21)11-7-5-6-10-12(19)8-9-13(20)14(10)11/h8-9H,5-7H2,1-4H3. The maximum Gasteiger partial charge on any atom is 0.525 e. The van der Waals surface area contributed by atoms with Crippen molar-refractivity contribution < 1.29 is 13.7 Å². The van der Waals surface area contributed by atoms with Gasteiger partial charge in [0.05, 0.1) is 11.2 Å². The first-order valence-electron chi connectivity index (χ1n) is 7.85. The first-order valence-corrected chi connectivity index (χ1v) is 8.61. The van der Waals surface area contributed by atoms with Crippen molar-refractivity contribution in [3.05, 3.63) is 39.0 Å². The SMILES string of the molecule is CC1(C)OB(C(F)=C2CCCc3c(Cl)ccc(Cl)c32)OC1(C)C. The second-order valence-corrected chi connectivity index (χ2v) is 7.97. The lowest BCUT2D eigenvalue weighted by Gasteiger charge is -2.32. The molecule has 1 aromatic carbocycles. The smallest absolute Gasteiger partial charge is 0.398 e. The van der Waals surface area contributed by atoms with Crippen molar-refractivity contribution in [2.75, 3.05) is 0 Å². The minimum atomic E-state index is -1.00. The van der Waals surface area contributed by atoms with Crippen molar-refractivity contribution in [3.63, 3.8) is 0 Å². The second-order valence-electron chi connectivity index (χ2n) is 7.15. The van der Waals surface area contributed by atoms with Crippen molar-refractivity contribution in [2.45, 2.75) is 58.2 Å². The van der Waals surface area contributed by atoms with E-state index in [0.29, 0.717) is 27.6 Å². The molecule has 1 aliphatic heterocycles. The van der Waals surface area contributed by atoms with Gasteiger partial charge < -0.3 is 9.31 Å². The molecule has 1 heterocycles. The third-order valence-corrected chi connectivity index (χ3v) is 5.78. The van der Waals surface area contributed by atoms with E-state index in [1.54, 1.807) is 12.1 Å². The monoisotopic (exact) mass is 356 g/mol. The van der Waals surface area contributed by atoms with Gasteiger partial charge in [0, 0.05) is 15.6 Å². The maximum atomic E-state index is 15.2. The summed E-state index contributed by atoms with van der Waals surface area (Å²) in [5.74, 6) is 0. The lowest BCUT2D eigenvalue weighted by atomic mass is 9.77. The topological polar surface area (TPSA) is 18.5 Å². The van der Waals surface area contributed by atoms with Crippen LogP contribution >= 0.6 is 23.2 Å². The van der Waals surface area contributed by atoms with Crippen molar-refractivity contribution in [1.29, 1.82) is 0 Å². The highest BCUT2D eigenvalue weighted by molar-refractivity contribution is 6.55. The van der Waals surface area contributed by atoms with Gasteiger partial charge in [-0.15, -0.1) is 0 Å². The Morgan fingerprint density at radius 2 is 1.61 bits per heavy atom. The Labute approximate surface area is 147 Å². The van der Waals surface area contributed by atoms with Crippen LogP contribution in [0.4, 0.5) is 4.39 Å². The minimum absolute atomic E-state index is 0.395. The van der Waals surface area contributed by atoms with E-state index in [0.717, 1.165) is 18.4 Å². The van der Waals surface area contributed by atoms with E-state index >= 15 is 4.39 Å². The van der Waals surface area contributed by atoms with Crippen LogP contribution in [0.5, 0.6) is 0 Å². The largest absolute Gasteiger partial charge is 0.525 e. The van der Waals surface area contributed by atoms with E-state index in [1.165, 1.54) is 0 Å². The summed E-state index contributed by atoms with van der Waals surface area (Å²) in [7, 11) is -1.00. The Balaban J connectivity index is 2.07. The van der Waals surface area contributed by atoms with Crippen LogP contribution in [0.2, 0.25) is 10.0 Å². The lowest BCUT2D eigenvalue weighted by molar-refractivity contribution is 0.00578. The van der Waals surface area contributed by atoms with E-state index in [1.807, 2.05) is 27.7 Å². The van der Waals surface area contributed by atoms with Gasteiger partial charge in [0.25, 0.3) is 0 Å². The molecule has 124 valence electrons. The van der Waals surface area contributed by atoms with Gasteiger partial charge in [0.1, 0.15) is 5.73 Å². The third-order valence-electron chi connectivity index (χ3n) is 5.11. The summed E-state index contributed by atoms with van der Waals surface area (Å²) in [6.45, 7) is 7.63. The highest BCUT2D eigenvalue weighted by atomic mass is 35.5. The molecule has 1 saturated heterocycles. The Morgan fingerprint density at radius 3 is 2.22 bits per heavy atom. The Morgan fingerprint density at radius 1 is 1.04 bits per heavy atom. The average molecular weight is 357 g/mol. The van der Waals surface area contributed by atoms with Crippen LogP contribution in [0.1, 0.15) is 51.7 Å². The zero-order valence-corrected chi connectivity index (χ0v) is 15.3. The molecule has 0 aromatic heterocycles. The summed E-state index contributed by atoms with van der Waals surface area (Å²) in [5.41, 5.74) is 0.617. The van der Waals surface area contributed by atoms with E-state index in [4.69, 9.17) is 32.5 Å². The maximum absolute atomic E-state index is 15.2. The predicted octanol–water partition coefficient (Wildman–Crippen LogP) is 5.64. The fourth-order valence-corrected chi connectivity index (χ4v) is 3.60. The minimum Gasteiger partial charge on any atom is -0.398 e. The summed E-state index contributed by atoms with van der Waals surface area (Å²) >= 11 is 12.6. The zero-order valence-electron chi connectivity index (χ0n) is 13.8. The van der Waals surface area contributed by atoms with Gasteiger partial charge in [0.2, 0.25) is 0 Å². The fourth-order valence-electron chi connectivity index (χ4n) is 3.06. The van der Waals surface area contributed by atoms with Gasteiger partial charge >= 0.3 is 7.12 Å². The molecule has 0 saturated carbocycles. The van der Waals surface area contributed by atoms with E-state index in [-0.39, 0.29) is 0 Å². The fraction of sp³-hybridized carbons (Fsp3) is 0.529. The lowest BCUT2D eigenvalue weighted by Crippen LogP contribution is -2.41. The first-order chi connectivity index (χ1) is 10.6. The van der Waals surface area contributed by atoms with Crippen LogP contribution < -0.4 is 0 Å². The molecule has 2 aliphatic rings. The van der Waals surface area contributed by atoms with Crippen molar-refractivity contribution >= 4 is 35.9 Å². The number of benzene rings is 1. The highest BCUT2D eigenvalue weighted by Crippen LogP contribution is 2.45. The molecule has 6 heteroatoms. The van der Waals surface area contributed by atoms with Crippen molar-refractivity contribution in [3.8, 4) is 0 Å². The van der Waals surface area contributed by atoms with Crippen molar-refractivity contribution in [2.24, 2.45) is 0 Å². The summed E-state index contributed by atoms with van der Waals surface area (Å²) < 4.78 is 26.9. The van der Waals surface area contributed by atoms with Crippen LogP contribution in [-0.2, 0) is 15.7 Å². The second kappa shape index (κ2) is 5.77. The van der Waals surface area contributed by atoms with Crippen LogP contribution in [0.25, 0.3) is 5.57 Å². The third kappa shape index (κ3) is 2.84. The van der Waals surface area contributed by atoms with Crippen LogP contribution in [0, 0.1) is 0 Å². The number of hydrogen-bond acceptors (Lipinski definition) is 2. The molecule has 1 fully saturated rings. The Hall–Kier alpha value is -0.545. The van der Waals surface area contributed by atoms with Gasteiger partial charge in [-0.1, -0.05) is 23.2 Å². The summed E-state index contributed by atoms with van der Waals surface area (Å²) in [6, 6.07) is 3.48. The first kappa shape index (κ1) is 17.3. The van der Waals surface area contributed by atoms with Crippen LogP contribution in [0.15, 0.2) is 17.9 Å². The molecule has 2 nitrogen and oxygen atoms in total. The number of hydrogen-bond donors (Lipinski definition) is 0. The molecule has 0 N–H and O–H groups in total. The van der Waals surface area contributed by atoms with Crippen LogP contribution in [-0.4, -0.2) is 18.3 Å². The van der Waals surface area contributed by atoms with Gasteiger partial charge in [-0.25, -0.2) is 4.39 Å². The molecule has 1 aromatic rings. The average Bonchev–Trinajstić information content (AvgIpc) is 2.70. The molecule has 23 heavy (non-hydrogen) atoms. The van der Waals surface area contributed by atoms with Gasteiger partial charge in [-0.3, -0.25) is 0 Å². The highest BCUT2D eigenvalue weighted by Gasteiger charge is 2.53. The van der Waals surface area contributed by atoms with Gasteiger partial charge in [0.15, 0.2) is 0 Å². The van der Waals surface area contributed by atoms with Gasteiger partial charge in [-0.2, -0.15) is 0 Å². The summed E-state index contributed by atoms with van der Waals surface area (Å²) in [6.07, 6.45) is 2.23. The van der Waals surface area contributed by atoms with Crippen molar-refractivity contribution in [1.82, 2.24) is 0 Å². The normalized spacial score (nSPS) is 24.6.